The lowest BCUT2D eigenvalue weighted by Gasteiger charge is -2.11. The summed E-state index contributed by atoms with van der Waals surface area (Å²) < 4.78 is 1.67. The highest BCUT2D eigenvalue weighted by atomic mass is 16.3. The van der Waals surface area contributed by atoms with E-state index in [2.05, 4.69) is 10.4 Å². The zero-order chi connectivity index (χ0) is 12.3. The molecule has 7 heteroatoms. The van der Waals surface area contributed by atoms with Crippen LogP contribution < -0.4 is 16.8 Å². The summed E-state index contributed by atoms with van der Waals surface area (Å²) in [5.74, 6) is -0.175. The van der Waals surface area contributed by atoms with E-state index in [1.165, 1.54) is 0 Å². The predicted octanol–water partition coefficient (Wildman–Crippen LogP) is -0.948. The van der Waals surface area contributed by atoms with Gasteiger partial charge in [-0.3, -0.25) is 4.79 Å². The second-order valence-electron chi connectivity index (χ2n) is 3.46. The van der Waals surface area contributed by atoms with Gasteiger partial charge >= 0.3 is 0 Å². The number of carbonyl (C=O) groups excluding carboxylic acids is 1. The van der Waals surface area contributed by atoms with E-state index in [9.17, 15) is 9.90 Å². The fraction of sp³-hybridized carbons (Fsp3) is 0.556. The molecular weight excluding hydrogens is 210 g/mol. The number of aromatic nitrogens is 2. The third kappa shape index (κ3) is 2.43. The molecule has 0 aliphatic carbocycles. The van der Waals surface area contributed by atoms with Gasteiger partial charge in [-0.25, -0.2) is 4.68 Å². The highest BCUT2D eigenvalue weighted by Crippen LogP contribution is 2.21. The number of aliphatic hydroxyl groups is 1. The lowest BCUT2D eigenvalue weighted by Crippen LogP contribution is -2.34. The van der Waals surface area contributed by atoms with Crippen molar-refractivity contribution < 1.29 is 9.90 Å². The van der Waals surface area contributed by atoms with Gasteiger partial charge in [0.15, 0.2) is 0 Å². The van der Waals surface area contributed by atoms with Gasteiger partial charge in [0.1, 0.15) is 11.9 Å². The molecule has 1 unspecified atom stereocenters. The van der Waals surface area contributed by atoms with Crippen LogP contribution in [0.15, 0.2) is 0 Å². The highest BCUT2D eigenvalue weighted by Gasteiger charge is 2.15. The Kier molecular flexibility index (Phi) is 3.73. The Balaban J connectivity index is 2.76. The second kappa shape index (κ2) is 4.84. The van der Waals surface area contributed by atoms with E-state index >= 15 is 0 Å². The van der Waals surface area contributed by atoms with Crippen LogP contribution in [0.1, 0.15) is 12.6 Å². The van der Waals surface area contributed by atoms with E-state index in [0.717, 1.165) is 0 Å². The molecule has 1 heterocycles. The summed E-state index contributed by atoms with van der Waals surface area (Å²) in [7, 11) is 0. The van der Waals surface area contributed by atoms with Crippen LogP contribution in [-0.2, 0) is 11.3 Å². The maximum atomic E-state index is 10.6. The zero-order valence-corrected chi connectivity index (χ0v) is 9.40. The molecular formula is C9H17N5O2. The van der Waals surface area contributed by atoms with E-state index < -0.39 is 12.0 Å². The smallest absolute Gasteiger partial charge is 0.248 e. The van der Waals surface area contributed by atoms with Gasteiger partial charge in [-0.2, -0.15) is 5.10 Å². The maximum absolute atomic E-state index is 10.6. The van der Waals surface area contributed by atoms with Gasteiger partial charge in [0.25, 0.3) is 0 Å². The molecule has 1 amide bonds. The van der Waals surface area contributed by atoms with Crippen molar-refractivity contribution >= 4 is 17.4 Å². The van der Waals surface area contributed by atoms with E-state index in [1.54, 1.807) is 11.6 Å². The number of nitrogens with one attached hydrogen (secondary N) is 1. The first-order chi connectivity index (χ1) is 7.47. The number of anilines is 2. The normalized spacial score (nSPS) is 12.4. The number of aliphatic hydroxyl groups excluding tert-OH is 1. The molecule has 1 aromatic heterocycles. The molecule has 0 radical (unpaired) electrons. The first-order valence-corrected chi connectivity index (χ1v) is 5.01. The van der Waals surface area contributed by atoms with E-state index in [1.807, 2.05) is 6.92 Å². The molecule has 0 aliphatic rings. The van der Waals surface area contributed by atoms with Gasteiger partial charge in [-0.05, 0) is 13.8 Å². The van der Waals surface area contributed by atoms with Gasteiger partial charge in [-0.1, -0.05) is 0 Å². The van der Waals surface area contributed by atoms with Crippen molar-refractivity contribution in [2.75, 3.05) is 17.6 Å². The highest BCUT2D eigenvalue weighted by molar-refractivity contribution is 5.79. The Labute approximate surface area is 93.4 Å². The molecule has 0 aromatic carbocycles. The average molecular weight is 227 g/mol. The fourth-order valence-corrected chi connectivity index (χ4v) is 1.30. The molecule has 7 nitrogen and oxygen atoms in total. The van der Waals surface area contributed by atoms with Crippen molar-refractivity contribution in [3.63, 3.8) is 0 Å². The Morgan fingerprint density at radius 1 is 1.69 bits per heavy atom. The van der Waals surface area contributed by atoms with Gasteiger partial charge in [0.05, 0.1) is 17.9 Å². The summed E-state index contributed by atoms with van der Waals surface area (Å²) in [6.45, 7) is 4.37. The second-order valence-corrected chi connectivity index (χ2v) is 3.46. The number of nitrogen functional groups attached to an aromatic ring is 1. The maximum Gasteiger partial charge on any atom is 0.248 e. The minimum atomic E-state index is -1.24. The van der Waals surface area contributed by atoms with Crippen molar-refractivity contribution in [3.8, 4) is 0 Å². The van der Waals surface area contributed by atoms with E-state index in [0.29, 0.717) is 23.7 Å². The fourth-order valence-electron chi connectivity index (χ4n) is 1.30. The minimum Gasteiger partial charge on any atom is -0.394 e. The number of amides is 1. The Bertz CT molecular complexity index is 387. The number of nitrogens with zero attached hydrogens (tertiary/aromatic N) is 2. The lowest BCUT2D eigenvalue weighted by atomic mass is 10.3. The summed E-state index contributed by atoms with van der Waals surface area (Å²) >= 11 is 0. The SMILES string of the molecule is CCn1nc(C)c(N)c1NCC(O)C(N)=O. The van der Waals surface area contributed by atoms with Crippen LogP contribution in [0.3, 0.4) is 0 Å². The number of carbonyl (C=O) groups is 1. The number of primary amides is 1. The van der Waals surface area contributed by atoms with Crippen LogP contribution >= 0.6 is 0 Å². The standard InChI is InChI=1S/C9H17N5O2/c1-3-14-9(7(10)5(2)13-14)12-4-6(15)8(11)16/h6,12,15H,3-4,10H2,1-2H3,(H2,11,16). The van der Waals surface area contributed by atoms with Crippen LogP contribution in [0.2, 0.25) is 0 Å². The van der Waals surface area contributed by atoms with Crippen molar-refractivity contribution in [2.45, 2.75) is 26.5 Å². The zero-order valence-electron chi connectivity index (χ0n) is 9.40. The molecule has 0 fully saturated rings. The van der Waals surface area contributed by atoms with Crippen molar-refractivity contribution in [1.82, 2.24) is 9.78 Å². The van der Waals surface area contributed by atoms with Crippen LogP contribution in [0.4, 0.5) is 11.5 Å². The third-order valence-electron chi connectivity index (χ3n) is 2.26. The van der Waals surface area contributed by atoms with Gasteiger partial charge in [0.2, 0.25) is 5.91 Å². The molecule has 1 aromatic rings. The molecule has 1 atom stereocenters. The van der Waals surface area contributed by atoms with E-state index in [-0.39, 0.29) is 6.54 Å². The molecule has 0 bridgehead atoms. The Hall–Kier alpha value is -1.76. The summed E-state index contributed by atoms with van der Waals surface area (Å²) in [5, 5.41) is 16.3. The van der Waals surface area contributed by atoms with Crippen molar-refractivity contribution in [1.29, 1.82) is 0 Å². The first-order valence-electron chi connectivity index (χ1n) is 5.01. The van der Waals surface area contributed by atoms with Crippen molar-refractivity contribution in [2.24, 2.45) is 5.73 Å². The van der Waals surface area contributed by atoms with Gasteiger partial charge < -0.3 is 21.9 Å². The third-order valence-corrected chi connectivity index (χ3v) is 2.26. The molecule has 1 rings (SSSR count). The molecule has 0 saturated carbocycles. The van der Waals surface area contributed by atoms with Gasteiger partial charge in [-0.15, -0.1) is 0 Å². The first kappa shape index (κ1) is 12.3. The van der Waals surface area contributed by atoms with Crippen molar-refractivity contribution in [3.05, 3.63) is 5.69 Å². The monoisotopic (exact) mass is 227 g/mol. The number of nitrogens with two attached hydrogens (primary N) is 2. The Morgan fingerprint density at radius 2 is 2.31 bits per heavy atom. The van der Waals surface area contributed by atoms with Crippen LogP contribution in [0.25, 0.3) is 0 Å². The average Bonchev–Trinajstić information content (AvgIpc) is 2.51. The number of hydrogen-bond donors (Lipinski definition) is 4. The topological polar surface area (TPSA) is 119 Å². The molecule has 6 N–H and O–H groups in total. The molecule has 0 aliphatic heterocycles. The number of rotatable bonds is 5. The number of hydrogen-bond acceptors (Lipinski definition) is 5. The summed E-state index contributed by atoms with van der Waals surface area (Å²) in [6, 6.07) is 0. The summed E-state index contributed by atoms with van der Waals surface area (Å²) in [5.41, 5.74) is 11.9. The summed E-state index contributed by atoms with van der Waals surface area (Å²) in [4.78, 5) is 10.6. The number of aryl methyl sites for hydroxylation is 2. The van der Waals surface area contributed by atoms with E-state index in [4.69, 9.17) is 11.5 Å². The summed E-state index contributed by atoms with van der Waals surface area (Å²) in [6.07, 6.45) is -1.24. The van der Waals surface area contributed by atoms with Gasteiger partial charge in [0, 0.05) is 6.54 Å². The largest absolute Gasteiger partial charge is 0.394 e. The molecule has 90 valence electrons. The molecule has 0 spiro atoms. The minimum absolute atomic E-state index is 0.0185. The lowest BCUT2D eigenvalue weighted by molar-refractivity contribution is -0.125. The molecule has 0 saturated heterocycles. The predicted molar refractivity (Wildman–Crippen MR) is 60.7 cm³/mol. The Morgan fingerprint density at radius 3 is 2.81 bits per heavy atom. The molecule has 16 heavy (non-hydrogen) atoms. The van der Waals surface area contributed by atoms with Crippen LogP contribution in [0, 0.1) is 6.92 Å². The quantitative estimate of drug-likeness (QED) is 0.517. The van der Waals surface area contributed by atoms with Crippen LogP contribution in [0.5, 0.6) is 0 Å². The van der Waals surface area contributed by atoms with Crippen LogP contribution in [-0.4, -0.2) is 33.4 Å².